The Labute approximate surface area is 118 Å². The summed E-state index contributed by atoms with van der Waals surface area (Å²) in [4.78, 5) is 13.1. The first-order valence-electron chi connectivity index (χ1n) is 7.11. The highest BCUT2D eigenvalue weighted by molar-refractivity contribution is 7.06. The topological polar surface area (TPSA) is 54.0 Å². The molecule has 1 aromatic rings. The molecule has 0 bridgehead atoms. The lowest BCUT2D eigenvalue weighted by Crippen LogP contribution is -2.34. The van der Waals surface area contributed by atoms with Gasteiger partial charge in [-0.2, -0.15) is 4.37 Å². The van der Waals surface area contributed by atoms with Gasteiger partial charge in [0.25, 0.3) is 0 Å². The smallest absolute Gasteiger partial charge is 0.319 e. The highest BCUT2D eigenvalue weighted by atomic mass is 32.1. The molecular formula is C14H21N3OS. The zero-order chi connectivity index (χ0) is 13.5. The molecule has 1 heterocycles. The zero-order valence-electron chi connectivity index (χ0n) is 11.6. The van der Waals surface area contributed by atoms with Crippen LogP contribution in [0.2, 0.25) is 0 Å². The molecule has 104 valence electrons. The largest absolute Gasteiger partial charge is 0.335 e. The molecule has 1 atom stereocenters. The van der Waals surface area contributed by atoms with Crippen molar-refractivity contribution in [2.24, 2.45) is 5.41 Å². The van der Waals surface area contributed by atoms with E-state index in [1.807, 2.05) is 13.8 Å². The molecule has 2 N–H and O–H groups in total. The highest BCUT2D eigenvalue weighted by Crippen LogP contribution is 2.56. The average molecular weight is 279 g/mol. The monoisotopic (exact) mass is 279 g/mol. The normalized spacial score (nSPS) is 24.2. The molecular weight excluding hydrogens is 258 g/mol. The number of carbonyl (C=O) groups excluding carboxylic acids is 1. The quantitative estimate of drug-likeness (QED) is 0.869. The van der Waals surface area contributed by atoms with E-state index in [9.17, 15) is 4.79 Å². The van der Waals surface area contributed by atoms with Crippen LogP contribution >= 0.6 is 11.5 Å². The van der Waals surface area contributed by atoms with E-state index in [0.717, 1.165) is 16.3 Å². The van der Waals surface area contributed by atoms with Crippen LogP contribution in [-0.2, 0) is 0 Å². The third kappa shape index (κ3) is 2.48. The molecule has 2 aliphatic carbocycles. The standard InChI is InChI=1S/C14H21N3OS/c1-9-12(10(2)19-17-9)16-13(18)15-11-8-14(11)6-4-3-5-7-14/h11H,3-8H2,1-2H3,(H2,15,16,18). The van der Waals surface area contributed by atoms with E-state index in [4.69, 9.17) is 0 Å². The first kappa shape index (κ1) is 12.9. The van der Waals surface area contributed by atoms with E-state index in [1.54, 1.807) is 0 Å². The van der Waals surface area contributed by atoms with Crippen molar-refractivity contribution in [1.82, 2.24) is 9.69 Å². The summed E-state index contributed by atoms with van der Waals surface area (Å²) in [5, 5.41) is 6.08. The molecule has 1 aromatic heterocycles. The SMILES string of the molecule is Cc1nsc(C)c1NC(=O)NC1CC12CCCCC2. The minimum absolute atomic E-state index is 0.0705. The van der Waals surface area contributed by atoms with Gasteiger partial charge in [-0.15, -0.1) is 0 Å². The number of rotatable bonds is 2. The van der Waals surface area contributed by atoms with Crippen molar-refractivity contribution >= 4 is 23.3 Å². The first-order valence-corrected chi connectivity index (χ1v) is 7.88. The Balaban J connectivity index is 1.56. The third-order valence-corrected chi connectivity index (χ3v) is 5.46. The maximum Gasteiger partial charge on any atom is 0.319 e. The zero-order valence-corrected chi connectivity index (χ0v) is 12.4. The number of urea groups is 1. The van der Waals surface area contributed by atoms with Gasteiger partial charge in [0, 0.05) is 10.9 Å². The molecule has 2 saturated carbocycles. The summed E-state index contributed by atoms with van der Waals surface area (Å²) in [6.07, 6.45) is 7.75. The second kappa shape index (κ2) is 4.78. The summed E-state index contributed by atoms with van der Waals surface area (Å²) in [6.45, 7) is 3.92. The Morgan fingerprint density at radius 1 is 1.32 bits per heavy atom. The van der Waals surface area contributed by atoms with Gasteiger partial charge in [-0.25, -0.2) is 4.79 Å². The Kier molecular flexibility index (Phi) is 3.25. The number of hydrogen-bond acceptors (Lipinski definition) is 3. The predicted molar refractivity (Wildman–Crippen MR) is 77.7 cm³/mol. The molecule has 1 unspecified atom stereocenters. The number of nitrogens with zero attached hydrogens (tertiary/aromatic N) is 1. The molecule has 5 heteroatoms. The fourth-order valence-corrected chi connectivity index (χ4v) is 3.98. The fourth-order valence-electron chi connectivity index (χ4n) is 3.33. The van der Waals surface area contributed by atoms with Crippen molar-refractivity contribution < 1.29 is 4.79 Å². The van der Waals surface area contributed by atoms with Crippen molar-refractivity contribution in [1.29, 1.82) is 0 Å². The summed E-state index contributed by atoms with van der Waals surface area (Å²) < 4.78 is 4.25. The van der Waals surface area contributed by atoms with Gasteiger partial charge in [-0.1, -0.05) is 19.3 Å². The van der Waals surface area contributed by atoms with Gasteiger partial charge < -0.3 is 10.6 Å². The number of aryl methyl sites for hydroxylation is 2. The maximum atomic E-state index is 12.0. The molecule has 0 radical (unpaired) electrons. The number of aromatic nitrogens is 1. The van der Waals surface area contributed by atoms with E-state index in [1.165, 1.54) is 50.1 Å². The fraction of sp³-hybridized carbons (Fsp3) is 0.714. The number of carbonyl (C=O) groups is 1. The minimum Gasteiger partial charge on any atom is -0.335 e. The Hall–Kier alpha value is -1.10. The summed E-state index contributed by atoms with van der Waals surface area (Å²) in [5.41, 5.74) is 2.22. The van der Waals surface area contributed by atoms with Crippen molar-refractivity contribution in [3.63, 3.8) is 0 Å². The van der Waals surface area contributed by atoms with Crippen LogP contribution in [0, 0.1) is 19.3 Å². The predicted octanol–water partition coefficient (Wildman–Crippen LogP) is 3.60. The van der Waals surface area contributed by atoms with Gasteiger partial charge >= 0.3 is 6.03 Å². The van der Waals surface area contributed by atoms with Gasteiger partial charge in [-0.3, -0.25) is 0 Å². The van der Waals surface area contributed by atoms with Crippen LogP contribution < -0.4 is 10.6 Å². The van der Waals surface area contributed by atoms with E-state index in [2.05, 4.69) is 15.0 Å². The minimum atomic E-state index is -0.0705. The molecule has 1 spiro atoms. The summed E-state index contributed by atoms with van der Waals surface area (Å²) in [6, 6.07) is 0.318. The molecule has 4 nitrogen and oxygen atoms in total. The highest BCUT2D eigenvalue weighted by Gasteiger charge is 2.54. The second-order valence-electron chi connectivity index (χ2n) is 5.98. The van der Waals surface area contributed by atoms with E-state index in [0.29, 0.717) is 11.5 Å². The lowest BCUT2D eigenvalue weighted by Gasteiger charge is -2.22. The van der Waals surface area contributed by atoms with Crippen molar-refractivity contribution in [3.05, 3.63) is 10.6 Å². The van der Waals surface area contributed by atoms with E-state index in [-0.39, 0.29) is 6.03 Å². The Bertz CT molecular complexity index is 471. The number of hydrogen-bond donors (Lipinski definition) is 2. The maximum absolute atomic E-state index is 12.0. The van der Waals surface area contributed by atoms with Gasteiger partial charge in [0.2, 0.25) is 0 Å². The summed E-state index contributed by atoms with van der Waals surface area (Å²) >= 11 is 1.44. The molecule has 0 aromatic carbocycles. The first-order chi connectivity index (χ1) is 9.11. The van der Waals surface area contributed by atoms with Crippen LogP contribution in [0.1, 0.15) is 49.1 Å². The van der Waals surface area contributed by atoms with Crippen LogP contribution in [0.3, 0.4) is 0 Å². The number of anilines is 1. The van der Waals surface area contributed by atoms with E-state index >= 15 is 0 Å². The molecule has 3 rings (SSSR count). The number of nitrogens with one attached hydrogen (secondary N) is 2. The molecule has 2 aliphatic rings. The van der Waals surface area contributed by atoms with Crippen LogP contribution in [0.5, 0.6) is 0 Å². The summed E-state index contributed by atoms with van der Waals surface area (Å²) in [7, 11) is 0. The van der Waals surface area contributed by atoms with Gasteiger partial charge in [0.1, 0.15) is 0 Å². The third-order valence-electron chi connectivity index (χ3n) is 4.62. The van der Waals surface area contributed by atoms with E-state index < -0.39 is 0 Å². The van der Waals surface area contributed by atoms with Gasteiger partial charge in [-0.05, 0) is 50.1 Å². The van der Waals surface area contributed by atoms with Crippen molar-refractivity contribution in [3.8, 4) is 0 Å². The van der Waals surface area contributed by atoms with Crippen molar-refractivity contribution in [2.45, 2.75) is 58.4 Å². The van der Waals surface area contributed by atoms with Gasteiger partial charge in [0.15, 0.2) is 0 Å². The van der Waals surface area contributed by atoms with Crippen LogP contribution in [0.15, 0.2) is 0 Å². The Morgan fingerprint density at radius 2 is 2.05 bits per heavy atom. The molecule has 0 aliphatic heterocycles. The summed E-state index contributed by atoms with van der Waals surface area (Å²) in [5.74, 6) is 0. The number of amides is 2. The van der Waals surface area contributed by atoms with Crippen LogP contribution in [-0.4, -0.2) is 16.4 Å². The lowest BCUT2D eigenvalue weighted by atomic mass is 9.86. The van der Waals surface area contributed by atoms with Gasteiger partial charge in [0.05, 0.1) is 11.4 Å². The molecule has 19 heavy (non-hydrogen) atoms. The molecule has 0 saturated heterocycles. The van der Waals surface area contributed by atoms with Crippen molar-refractivity contribution in [2.75, 3.05) is 5.32 Å². The van der Waals surface area contributed by atoms with Crippen LogP contribution in [0.4, 0.5) is 10.5 Å². The molecule has 2 amide bonds. The van der Waals surface area contributed by atoms with Crippen LogP contribution in [0.25, 0.3) is 0 Å². The second-order valence-corrected chi connectivity index (χ2v) is 6.95. The lowest BCUT2D eigenvalue weighted by molar-refractivity contribution is 0.247. The molecule has 2 fully saturated rings. The average Bonchev–Trinajstić information content (AvgIpc) is 2.94. The Morgan fingerprint density at radius 3 is 2.68 bits per heavy atom.